The number of hydrogen-bond acceptors (Lipinski definition) is 4. The van der Waals surface area contributed by atoms with Crippen LogP contribution in [-0.2, 0) is 0 Å². The number of para-hydroxylation sites is 1. The maximum absolute atomic E-state index is 6.81. The van der Waals surface area contributed by atoms with Crippen LogP contribution in [0.1, 0.15) is 55.8 Å². The molecule has 1 atom stereocenters. The average molecular weight is 407 g/mol. The first-order valence-corrected chi connectivity index (χ1v) is 11.1. The van der Waals surface area contributed by atoms with Crippen molar-refractivity contribution in [3.05, 3.63) is 59.2 Å². The Hall–Kier alpha value is -2.53. The third-order valence-electron chi connectivity index (χ3n) is 7.08. The molecule has 158 valence electrons. The molecular weight excluding hydrogens is 374 g/mol. The Morgan fingerprint density at radius 2 is 1.87 bits per heavy atom. The van der Waals surface area contributed by atoms with Crippen LogP contribution < -0.4 is 14.4 Å². The van der Waals surface area contributed by atoms with Crippen molar-refractivity contribution in [3.8, 4) is 11.5 Å². The molecule has 2 aromatic carbocycles. The zero-order chi connectivity index (χ0) is 20.9. The molecule has 0 radical (unpaired) electrons. The standard InChI is InChI=1S/C25H31N3O2/c1-17(2)27-14-12-25(13-15-27)28-22(20-6-5-7-23(29-4)24(20)30-25)16-21(26-28)19-10-8-18(3)9-11-19/h5-11,17,22H,12-16H2,1-4H3/p+1/t22-/m0/s1. The van der Waals surface area contributed by atoms with Crippen molar-refractivity contribution in [2.45, 2.75) is 57.8 Å². The number of aryl methyl sites for hydroxylation is 1. The van der Waals surface area contributed by atoms with Gasteiger partial charge in [-0.15, -0.1) is 0 Å². The SMILES string of the molecule is COc1cccc2c1OC1(CC[NH+](C(C)C)CC1)N1N=C(c3ccc(C)cc3)C[C@@H]21. The Bertz CT molecular complexity index is 959. The van der Waals surface area contributed by atoms with E-state index in [1.807, 2.05) is 6.07 Å². The van der Waals surface area contributed by atoms with Crippen molar-refractivity contribution < 1.29 is 14.4 Å². The van der Waals surface area contributed by atoms with Gasteiger partial charge in [0.2, 0.25) is 5.72 Å². The van der Waals surface area contributed by atoms with Crippen LogP contribution in [-0.4, -0.2) is 42.7 Å². The number of hydrogen-bond donors (Lipinski definition) is 1. The molecule has 0 aromatic heterocycles. The van der Waals surface area contributed by atoms with Gasteiger partial charge >= 0.3 is 0 Å². The summed E-state index contributed by atoms with van der Waals surface area (Å²) in [6, 6.07) is 15.8. The Morgan fingerprint density at radius 1 is 1.13 bits per heavy atom. The summed E-state index contributed by atoms with van der Waals surface area (Å²) < 4.78 is 12.5. The fourth-order valence-electron chi connectivity index (χ4n) is 5.22. The number of nitrogens with zero attached hydrogens (tertiary/aromatic N) is 2. The monoisotopic (exact) mass is 406 g/mol. The molecular formula is C25H32N3O2+. The number of nitrogens with one attached hydrogen (secondary N) is 1. The first-order valence-electron chi connectivity index (χ1n) is 11.1. The lowest BCUT2D eigenvalue weighted by Gasteiger charge is -2.50. The molecule has 3 aliphatic heterocycles. The van der Waals surface area contributed by atoms with Gasteiger partial charge in [-0.25, -0.2) is 5.01 Å². The second-order valence-corrected chi connectivity index (χ2v) is 9.22. The first kappa shape index (κ1) is 19.4. The van der Waals surface area contributed by atoms with Gasteiger partial charge in [0.15, 0.2) is 11.5 Å². The van der Waals surface area contributed by atoms with Crippen molar-refractivity contribution in [2.75, 3.05) is 20.2 Å². The van der Waals surface area contributed by atoms with Gasteiger partial charge in [-0.1, -0.05) is 42.0 Å². The Kier molecular flexibility index (Phi) is 4.73. The molecule has 2 aromatic rings. The smallest absolute Gasteiger partial charge is 0.209 e. The van der Waals surface area contributed by atoms with Gasteiger partial charge in [0.1, 0.15) is 0 Å². The van der Waals surface area contributed by atoms with Crippen LogP contribution in [0.5, 0.6) is 11.5 Å². The van der Waals surface area contributed by atoms with Gasteiger partial charge in [0.25, 0.3) is 0 Å². The van der Waals surface area contributed by atoms with Gasteiger partial charge in [-0.05, 0) is 32.4 Å². The molecule has 1 saturated heterocycles. The van der Waals surface area contributed by atoms with Crippen LogP contribution in [0, 0.1) is 6.92 Å². The fraction of sp³-hybridized carbons (Fsp3) is 0.480. The molecule has 5 heteroatoms. The second-order valence-electron chi connectivity index (χ2n) is 9.22. The second kappa shape index (κ2) is 7.31. The summed E-state index contributed by atoms with van der Waals surface area (Å²) in [5.41, 5.74) is 4.42. The zero-order valence-corrected chi connectivity index (χ0v) is 18.4. The number of likely N-dealkylation sites (tertiary alicyclic amines) is 1. The number of methoxy groups -OCH3 is 1. The molecule has 0 amide bonds. The highest BCUT2D eigenvalue weighted by molar-refractivity contribution is 6.02. The highest BCUT2D eigenvalue weighted by Crippen LogP contribution is 2.52. The summed E-state index contributed by atoms with van der Waals surface area (Å²) in [6.07, 6.45) is 2.84. The largest absolute Gasteiger partial charge is 0.493 e. The van der Waals surface area contributed by atoms with Gasteiger partial charge in [0.05, 0.1) is 50.8 Å². The summed E-state index contributed by atoms with van der Waals surface area (Å²) in [6.45, 7) is 8.93. The molecule has 5 rings (SSSR count). The summed E-state index contributed by atoms with van der Waals surface area (Å²) in [5.74, 6) is 1.74. The molecule has 0 bridgehead atoms. The minimum Gasteiger partial charge on any atom is -0.493 e. The number of hydrazone groups is 1. The number of ether oxygens (including phenoxy) is 2. The van der Waals surface area contributed by atoms with Crippen molar-refractivity contribution in [1.29, 1.82) is 0 Å². The van der Waals surface area contributed by atoms with Crippen LogP contribution in [0.4, 0.5) is 0 Å². The first-order chi connectivity index (χ1) is 14.5. The highest BCUT2D eigenvalue weighted by Gasteiger charge is 2.53. The third-order valence-corrected chi connectivity index (χ3v) is 7.08. The third kappa shape index (κ3) is 3.07. The predicted octanol–water partition coefficient (Wildman–Crippen LogP) is 3.33. The van der Waals surface area contributed by atoms with E-state index in [2.05, 4.69) is 62.2 Å². The molecule has 3 heterocycles. The van der Waals surface area contributed by atoms with Crippen molar-refractivity contribution in [1.82, 2.24) is 5.01 Å². The number of quaternary nitrogens is 1. The number of benzene rings is 2. The Morgan fingerprint density at radius 3 is 2.53 bits per heavy atom. The number of piperidine rings is 1. The summed E-state index contributed by atoms with van der Waals surface area (Å²) in [4.78, 5) is 1.65. The number of fused-ring (bicyclic) bond motifs is 4. The van der Waals surface area contributed by atoms with E-state index in [1.165, 1.54) is 16.7 Å². The van der Waals surface area contributed by atoms with Crippen LogP contribution >= 0.6 is 0 Å². The van der Waals surface area contributed by atoms with Gasteiger partial charge in [0, 0.05) is 12.0 Å². The molecule has 0 unspecified atom stereocenters. The normalized spacial score (nSPS) is 27.5. The Labute approximate surface area is 179 Å². The lowest BCUT2D eigenvalue weighted by molar-refractivity contribution is -0.929. The Balaban J connectivity index is 1.56. The summed E-state index contributed by atoms with van der Waals surface area (Å²) >= 11 is 0. The molecule has 1 spiro atoms. The lowest BCUT2D eigenvalue weighted by atomic mass is 9.90. The molecule has 1 N–H and O–H groups in total. The van der Waals surface area contributed by atoms with Crippen LogP contribution in [0.2, 0.25) is 0 Å². The van der Waals surface area contributed by atoms with Crippen molar-refractivity contribution in [2.24, 2.45) is 5.10 Å². The minimum absolute atomic E-state index is 0.195. The quantitative estimate of drug-likeness (QED) is 0.850. The van der Waals surface area contributed by atoms with Crippen molar-refractivity contribution in [3.63, 3.8) is 0 Å². The summed E-state index contributed by atoms with van der Waals surface area (Å²) in [7, 11) is 1.73. The minimum atomic E-state index is -0.392. The van der Waals surface area contributed by atoms with E-state index in [9.17, 15) is 0 Å². The van der Waals surface area contributed by atoms with Crippen LogP contribution in [0.3, 0.4) is 0 Å². The predicted molar refractivity (Wildman–Crippen MR) is 118 cm³/mol. The van der Waals surface area contributed by atoms with E-state index >= 15 is 0 Å². The maximum atomic E-state index is 6.81. The topological polar surface area (TPSA) is 38.5 Å². The summed E-state index contributed by atoms with van der Waals surface area (Å²) in [5, 5.41) is 7.48. The average Bonchev–Trinajstić information content (AvgIpc) is 3.21. The zero-order valence-electron chi connectivity index (χ0n) is 18.4. The highest BCUT2D eigenvalue weighted by atomic mass is 16.5. The van der Waals surface area contributed by atoms with Crippen molar-refractivity contribution >= 4 is 5.71 Å². The molecule has 5 nitrogen and oxygen atoms in total. The van der Waals surface area contributed by atoms with E-state index in [-0.39, 0.29) is 6.04 Å². The molecule has 0 aliphatic carbocycles. The van der Waals surface area contributed by atoms with E-state index in [0.717, 1.165) is 49.6 Å². The van der Waals surface area contributed by atoms with E-state index in [0.29, 0.717) is 6.04 Å². The fourth-order valence-corrected chi connectivity index (χ4v) is 5.22. The lowest BCUT2D eigenvalue weighted by Crippen LogP contribution is -3.16. The van der Waals surface area contributed by atoms with E-state index < -0.39 is 5.72 Å². The van der Waals surface area contributed by atoms with Gasteiger partial charge in [-0.2, -0.15) is 5.10 Å². The number of rotatable bonds is 3. The molecule has 0 saturated carbocycles. The molecule has 30 heavy (non-hydrogen) atoms. The van der Waals surface area contributed by atoms with Gasteiger partial charge in [-0.3, -0.25) is 0 Å². The van der Waals surface area contributed by atoms with Gasteiger partial charge < -0.3 is 14.4 Å². The van der Waals surface area contributed by atoms with Crippen LogP contribution in [0.15, 0.2) is 47.6 Å². The maximum Gasteiger partial charge on any atom is 0.209 e. The molecule has 3 aliphatic rings. The van der Waals surface area contributed by atoms with E-state index in [4.69, 9.17) is 14.6 Å². The molecule has 1 fully saturated rings. The van der Waals surface area contributed by atoms with Crippen LogP contribution in [0.25, 0.3) is 0 Å². The van der Waals surface area contributed by atoms with E-state index in [1.54, 1.807) is 12.0 Å².